The average molecular weight is 429 g/mol. The molecule has 0 radical (unpaired) electrons. The van der Waals surface area contributed by atoms with Crippen molar-refractivity contribution in [3.8, 4) is 0 Å². The minimum atomic E-state index is 0.0591. The Morgan fingerprint density at radius 2 is 1.78 bits per heavy atom. The number of nitrogens with one attached hydrogen (secondary N) is 1. The number of piperidine rings is 1. The molecule has 1 aliphatic rings. The summed E-state index contributed by atoms with van der Waals surface area (Å²) >= 11 is 3.49. The first kappa shape index (κ1) is 20.1. The molecule has 1 atom stereocenters. The molecule has 4 heteroatoms. The van der Waals surface area contributed by atoms with Gasteiger partial charge in [-0.25, -0.2) is 0 Å². The van der Waals surface area contributed by atoms with Gasteiger partial charge in [-0.2, -0.15) is 0 Å². The fourth-order valence-electron chi connectivity index (χ4n) is 3.89. The van der Waals surface area contributed by atoms with E-state index in [-0.39, 0.29) is 11.8 Å². The Kier molecular flexibility index (Phi) is 7.08. The van der Waals surface area contributed by atoms with Gasteiger partial charge in [-0.3, -0.25) is 9.69 Å². The molecule has 2 aromatic carbocycles. The number of benzene rings is 2. The molecule has 1 amide bonds. The van der Waals surface area contributed by atoms with E-state index in [0.717, 1.165) is 55.5 Å². The fourth-order valence-corrected chi connectivity index (χ4v) is 4.15. The van der Waals surface area contributed by atoms with Gasteiger partial charge in [0, 0.05) is 23.2 Å². The Hall–Kier alpha value is -1.65. The van der Waals surface area contributed by atoms with Gasteiger partial charge in [-0.05, 0) is 61.1 Å². The Labute approximate surface area is 171 Å². The normalized spacial score (nSPS) is 17.7. The topological polar surface area (TPSA) is 32.3 Å². The highest BCUT2D eigenvalue weighted by Crippen LogP contribution is 2.26. The number of para-hydroxylation sites is 1. The van der Waals surface area contributed by atoms with Gasteiger partial charge in [-0.1, -0.05) is 60.1 Å². The van der Waals surface area contributed by atoms with Gasteiger partial charge >= 0.3 is 0 Å². The smallest absolute Gasteiger partial charge is 0.228 e. The summed E-state index contributed by atoms with van der Waals surface area (Å²) in [6.07, 6.45) is 3.91. The Bertz CT molecular complexity index is 750. The molecule has 1 fully saturated rings. The monoisotopic (exact) mass is 428 g/mol. The molecular formula is C23H29BrN2O. The molecule has 1 N–H and O–H groups in total. The first-order valence-electron chi connectivity index (χ1n) is 9.99. The lowest BCUT2D eigenvalue weighted by molar-refractivity contribution is -0.121. The van der Waals surface area contributed by atoms with Crippen LogP contribution in [0.3, 0.4) is 0 Å². The van der Waals surface area contributed by atoms with E-state index < -0.39 is 0 Å². The number of hydrogen-bond acceptors (Lipinski definition) is 2. The van der Waals surface area contributed by atoms with Gasteiger partial charge < -0.3 is 5.32 Å². The van der Waals surface area contributed by atoms with Crippen molar-refractivity contribution in [2.75, 3.05) is 18.4 Å². The van der Waals surface area contributed by atoms with Crippen molar-refractivity contribution in [3.05, 3.63) is 63.6 Å². The molecule has 1 unspecified atom stereocenters. The maximum Gasteiger partial charge on any atom is 0.228 e. The van der Waals surface area contributed by atoms with Crippen molar-refractivity contribution < 1.29 is 4.79 Å². The van der Waals surface area contributed by atoms with Gasteiger partial charge in [0.15, 0.2) is 0 Å². The largest absolute Gasteiger partial charge is 0.325 e. The number of amides is 1. The van der Waals surface area contributed by atoms with Crippen molar-refractivity contribution in [1.82, 2.24) is 4.90 Å². The van der Waals surface area contributed by atoms with Crippen LogP contribution in [0.25, 0.3) is 0 Å². The van der Waals surface area contributed by atoms with E-state index in [2.05, 4.69) is 82.5 Å². The molecule has 0 bridgehead atoms. The molecule has 0 saturated carbocycles. The summed E-state index contributed by atoms with van der Waals surface area (Å²) in [5.74, 6) is 0.231. The van der Waals surface area contributed by atoms with Crippen LogP contribution < -0.4 is 5.32 Å². The molecule has 1 heterocycles. The van der Waals surface area contributed by atoms with E-state index in [0.29, 0.717) is 0 Å². The zero-order valence-electron chi connectivity index (χ0n) is 16.3. The first-order valence-corrected chi connectivity index (χ1v) is 10.8. The molecule has 1 saturated heterocycles. The van der Waals surface area contributed by atoms with Crippen molar-refractivity contribution in [2.24, 2.45) is 5.92 Å². The molecular weight excluding hydrogens is 400 g/mol. The van der Waals surface area contributed by atoms with E-state index in [1.165, 1.54) is 16.7 Å². The first-order chi connectivity index (χ1) is 13.1. The third-order valence-corrected chi connectivity index (χ3v) is 5.97. The minimum Gasteiger partial charge on any atom is -0.325 e. The number of aryl methyl sites for hydroxylation is 2. The number of anilines is 1. The van der Waals surface area contributed by atoms with Crippen molar-refractivity contribution in [3.63, 3.8) is 0 Å². The predicted octanol–water partition coefficient (Wildman–Crippen LogP) is 5.42. The number of halogens is 1. The van der Waals surface area contributed by atoms with Gasteiger partial charge in [0.05, 0.1) is 5.92 Å². The lowest BCUT2D eigenvalue weighted by Crippen LogP contribution is -2.40. The maximum atomic E-state index is 13.0. The van der Waals surface area contributed by atoms with Crippen LogP contribution in [0.5, 0.6) is 0 Å². The molecule has 1 aliphatic heterocycles. The number of nitrogens with zero attached hydrogens (tertiary/aromatic N) is 1. The molecule has 27 heavy (non-hydrogen) atoms. The highest BCUT2D eigenvalue weighted by Gasteiger charge is 2.26. The second-order valence-corrected chi connectivity index (χ2v) is 8.26. The summed E-state index contributed by atoms with van der Waals surface area (Å²) in [5.41, 5.74) is 4.79. The van der Waals surface area contributed by atoms with Crippen molar-refractivity contribution in [2.45, 2.75) is 46.1 Å². The van der Waals surface area contributed by atoms with Gasteiger partial charge in [0.2, 0.25) is 5.91 Å². The second kappa shape index (κ2) is 9.52. The molecule has 0 aromatic heterocycles. The van der Waals surface area contributed by atoms with Crippen LogP contribution in [0.4, 0.5) is 5.69 Å². The molecule has 3 nitrogen and oxygen atoms in total. The van der Waals surface area contributed by atoms with E-state index in [1.54, 1.807) is 0 Å². The zero-order chi connectivity index (χ0) is 19.2. The lowest BCUT2D eigenvalue weighted by atomic mass is 9.95. The van der Waals surface area contributed by atoms with Crippen LogP contribution in [0.1, 0.15) is 43.4 Å². The standard InChI is InChI=1S/C23H29BrN2O/c1-3-18-7-5-8-19(4-2)22(18)25-23(27)20-9-6-14-26(16-20)15-17-10-12-21(24)13-11-17/h5,7-8,10-13,20H,3-4,6,9,14-16H2,1-2H3,(H,25,27). The maximum absolute atomic E-state index is 13.0. The number of rotatable bonds is 6. The number of carbonyl (C=O) groups excluding carboxylic acids is 1. The van der Waals surface area contributed by atoms with E-state index >= 15 is 0 Å². The Morgan fingerprint density at radius 1 is 1.11 bits per heavy atom. The summed E-state index contributed by atoms with van der Waals surface area (Å²) in [7, 11) is 0. The van der Waals surface area contributed by atoms with Crippen LogP contribution in [0.2, 0.25) is 0 Å². The summed E-state index contributed by atoms with van der Waals surface area (Å²) in [5, 5.41) is 3.27. The van der Waals surface area contributed by atoms with E-state index in [1.807, 2.05) is 0 Å². The molecule has 144 valence electrons. The number of likely N-dealkylation sites (tertiary alicyclic amines) is 1. The number of hydrogen-bond donors (Lipinski definition) is 1. The minimum absolute atomic E-state index is 0.0591. The number of carbonyl (C=O) groups is 1. The molecule has 0 aliphatic carbocycles. The van der Waals surface area contributed by atoms with Crippen LogP contribution >= 0.6 is 15.9 Å². The third kappa shape index (κ3) is 5.20. The molecule has 0 spiro atoms. The van der Waals surface area contributed by atoms with Crippen LogP contribution in [-0.4, -0.2) is 23.9 Å². The van der Waals surface area contributed by atoms with E-state index in [4.69, 9.17) is 0 Å². The van der Waals surface area contributed by atoms with Gasteiger partial charge in [0.1, 0.15) is 0 Å². The Balaban J connectivity index is 1.66. The van der Waals surface area contributed by atoms with Crippen molar-refractivity contribution in [1.29, 1.82) is 0 Å². The van der Waals surface area contributed by atoms with E-state index in [9.17, 15) is 4.79 Å². The van der Waals surface area contributed by atoms with Gasteiger partial charge in [0.25, 0.3) is 0 Å². The summed E-state index contributed by atoms with van der Waals surface area (Å²) < 4.78 is 1.10. The van der Waals surface area contributed by atoms with Crippen LogP contribution in [0.15, 0.2) is 46.9 Å². The third-order valence-electron chi connectivity index (χ3n) is 5.44. The van der Waals surface area contributed by atoms with Crippen LogP contribution in [0, 0.1) is 5.92 Å². The van der Waals surface area contributed by atoms with Crippen molar-refractivity contribution >= 4 is 27.5 Å². The highest BCUT2D eigenvalue weighted by molar-refractivity contribution is 9.10. The quantitative estimate of drug-likeness (QED) is 0.665. The zero-order valence-corrected chi connectivity index (χ0v) is 17.9. The lowest BCUT2D eigenvalue weighted by Gasteiger charge is -2.32. The SMILES string of the molecule is CCc1cccc(CC)c1NC(=O)C1CCCN(Cc2ccc(Br)cc2)C1. The molecule has 3 rings (SSSR count). The van der Waals surface area contributed by atoms with Crippen LogP contribution in [-0.2, 0) is 24.2 Å². The fraction of sp³-hybridized carbons (Fsp3) is 0.435. The average Bonchev–Trinajstić information content (AvgIpc) is 2.70. The van der Waals surface area contributed by atoms with Gasteiger partial charge in [-0.15, -0.1) is 0 Å². The summed E-state index contributed by atoms with van der Waals surface area (Å²) in [6.45, 7) is 7.09. The highest BCUT2D eigenvalue weighted by atomic mass is 79.9. The second-order valence-electron chi connectivity index (χ2n) is 7.35. The summed E-state index contributed by atoms with van der Waals surface area (Å²) in [4.78, 5) is 15.4. The molecule has 2 aromatic rings. The summed E-state index contributed by atoms with van der Waals surface area (Å²) in [6, 6.07) is 14.8. The predicted molar refractivity (Wildman–Crippen MR) is 116 cm³/mol. The Morgan fingerprint density at radius 3 is 2.41 bits per heavy atom.